The van der Waals surface area contributed by atoms with E-state index in [1.807, 2.05) is 0 Å². The van der Waals surface area contributed by atoms with Crippen molar-refractivity contribution in [3.05, 3.63) is 29.3 Å². The smallest absolute Gasteiger partial charge is 0.178 e. The van der Waals surface area contributed by atoms with E-state index >= 15 is 0 Å². The lowest BCUT2D eigenvalue weighted by atomic mass is 10.1. The van der Waals surface area contributed by atoms with E-state index in [0.717, 1.165) is 17.5 Å². The highest BCUT2D eigenvalue weighted by molar-refractivity contribution is 6.00. The lowest BCUT2D eigenvalue weighted by Gasteiger charge is -1.94. The van der Waals surface area contributed by atoms with Crippen molar-refractivity contribution in [3.63, 3.8) is 0 Å². The Balaban J connectivity index is 2.59. The van der Waals surface area contributed by atoms with E-state index in [0.29, 0.717) is 6.42 Å². The van der Waals surface area contributed by atoms with Gasteiger partial charge in [-0.1, -0.05) is 0 Å². The summed E-state index contributed by atoms with van der Waals surface area (Å²) in [5.41, 5.74) is 1.66. The Hall–Kier alpha value is -1.31. The van der Waals surface area contributed by atoms with Crippen molar-refractivity contribution in [2.75, 3.05) is 0 Å². The first-order valence-corrected chi connectivity index (χ1v) is 3.60. The van der Waals surface area contributed by atoms with E-state index in [1.54, 1.807) is 12.1 Å². The lowest BCUT2D eigenvalue weighted by molar-refractivity contribution is 0.0994. The molecule has 0 bridgehead atoms. The minimum Gasteiger partial charge on any atom is -0.294 e. The molecule has 0 aliphatic heterocycles. The number of Topliss-reactive ketones (excluding diaryl/α,β-unsaturated/α-hetero) is 1. The maximum atomic E-state index is 11.1. The molecule has 1 radical (unpaired) electrons. The van der Waals surface area contributed by atoms with Gasteiger partial charge in [0.2, 0.25) is 0 Å². The van der Waals surface area contributed by atoms with Gasteiger partial charge in [0.15, 0.2) is 11.5 Å². The van der Waals surface area contributed by atoms with Crippen LogP contribution >= 0.6 is 0 Å². The first-order valence-electron chi connectivity index (χ1n) is 3.60. The minimum atomic E-state index is -0.00144. The molecule has 0 N–H and O–H groups in total. The fourth-order valence-electron chi connectivity index (χ4n) is 1.43. The quantitative estimate of drug-likeness (QED) is 0.552. The number of rotatable bonds is 0. The number of benzene rings is 1. The molecule has 0 fully saturated rings. The summed E-state index contributed by atoms with van der Waals surface area (Å²) in [5, 5.41) is 10.8. The zero-order chi connectivity index (χ0) is 7.84. The van der Waals surface area contributed by atoms with Gasteiger partial charge in [-0.25, -0.2) is 0 Å². The Morgan fingerprint density at radius 1 is 1.18 bits per heavy atom. The molecule has 1 aliphatic carbocycles. The summed E-state index contributed by atoms with van der Waals surface area (Å²) >= 11 is 0. The second kappa shape index (κ2) is 2.09. The summed E-state index contributed by atoms with van der Waals surface area (Å²) in [4.78, 5) is 11.1. The molecule has 1 aliphatic rings. The summed E-state index contributed by atoms with van der Waals surface area (Å²) in [7, 11) is 0. The molecule has 55 valence electrons. The van der Waals surface area contributed by atoms with Crippen LogP contribution < -0.4 is 0 Å². The summed E-state index contributed by atoms with van der Waals surface area (Å²) in [6, 6.07) is 4.63. The number of fused-ring (bicyclic) bond motifs is 1. The normalized spacial score (nSPS) is 15.1. The van der Waals surface area contributed by atoms with Gasteiger partial charge in [-0.15, -0.1) is 0 Å². The topological polar surface area (TPSA) is 37.0 Å². The van der Waals surface area contributed by atoms with Crippen molar-refractivity contribution < 1.29 is 9.90 Å². The van der Waals surface area contributed by atoms with Gasteiger partial charge in [-0.2, -0.15) is 0 Å². The van der Waals surface area contributed by atoms with Gasteiger partial charge in [0.1, 0.15) is 0 Å². The van der Waals surface area contributed by atoms with E-state index in [1.165, 1.54) is 6.07 Å². The number of carbonyl (C=O) groups is 1. The molecule has 0 heterocycles. The fourth-order valence-corrected chi connectivity index (χ4v) is 1.43. The average molecular weight is 147 g/mol. The second-order valence-corrected chi connectivity index (χ2v) is 2.74. The zero-order valence-electron chi connectivity index (χ0n) is 5.96. The number of aryl methyl sites for hydroxylation is 1. The molecule has 0 atom stereocenters. The lowest BCUT2D eigenvalue weighted by Crippen LogP contribution is -1.89. The number of carbonyl (C=O) groups excluding carboxylic acids is 1. The van der Waals surface area contributed by atoms with Crippen LogP contribution in [0.3, 0.4) is 0 Å². The summed E-state index contributed by atoms with van der Waals surface area (Å²) in [6.45, 7) is 0. The molecular weight excluding hydrogens is 140 g/mol. The van der Waals surface area contributed by atoms with E-state index in [2.05, 4.69) is 0 Å². The monoisotopic (exact) mass is 147 g/mol. The van der Waals surface area contributed by atoms with E-state index in [9.17, 15) is 9.90 Å². The van der Waals surface area contributed by atoms with Crippen molar-refractivity contribution in [2.45, 2.75) is 12.8 Å². The Labute approximate surface area is 64.5 Å². The van der Waals surface area contributed by atoms with Crippen LogP contribution in [0, 0.1) is 0 Å². The molecule has 0 unspecified atom stereocenters. The number of ketones is 1. The largest absolute Gasteiger partial charge is 0.294 e. The predicted octanol–water partition coefficient (Wildman–Crippen LogP) is 1.96. The first kappa shape index (κ1) is 6.40. The van der Waals surface area contributed by atoms with Crippen LogP contribution in [0.1, 0.15) is 22.3 Å². The molecule has 11 heavy (non-hydrogen) atoms. The third-order valence-corrected chi connectivity index (χ3v) is 2.00. The Kier molecular flexibility index (Phi) is 1.22. The van der Waals surface area contributed by atoms with Crippen molar-refractivity contribution in [2.24, 2.45) is 0 Å². The van der Waals surface area contributed by atoms with Crippen molar-refractivity contribution in [1.29, 1.82) is 0 Å². The van der Waals surface area contributed by atoms with Crippen LogP contribution in [0.5, 0.6) is 5.75 Å². The van der Waals surface area contributed by atoms with Gasteiger partial charge >= 0.3 is 0 Å². The van der Waals surface area contributed by atoms with Crippen LogP contribution in [0.25, 0.3) is 0 Å². The van der Waals surface area contributed by atoms with Crippen LogP contribution in [-0.4, -0.2) is 5.78 Å². The minimum absolute atomic E-state index is 0.00144. The third-order valence-electron chi connectivity index (χ3n) is 2.00. The fraction of sp³-hybridized carbons (Fsp3) is 0.222. The summed E-state index contributed by atoms with van der Waals surface area (Å²) < 4.78 is 0. The van der Waals surface area contributed by atoms with Gasteiger partial charge in [0.05, 0.1) is 0 Å². The SMILES string of the molecule is [O]c1ccc2c(c1)CCC2=O. The molecule has 0 amide bonds. The Morgan fingerprint density at radius 2 is 2.00 bits per heavy atom. The number of hydrogen-bond acceptors (Lipinski definition) is 1. The van der Waals surface area contributed by atoms with Crippen molar-refractivity contribution >= 4 is 5.78 Å². The Bertz CT molecular complexity index is 315. The molecule has 0 spiro atoms. The van der Waals surface area contributed by atoms with E-state index < -0.39 is 0 Å². The van der Waals surface area contributed by atoms with Crippen LogP contribution in [0.2, 0.25) is 0 Å². The molecule has 1 aromatic carbocycles. The highest BCUT2D eigenvalue weighted by atomic mass is 16.3. The second-order valence-electron chi connectivity index (χ2n) is 2.74. The maximum absolute atomic E-state index is 11.1. The summed E-state index contributed by atoms with van der Waals surface area (Å²) in [5.74, 6) is 0.165. The van der Waals surface area contributed by atoms with Gasteiger partial charge in [0, 0.05) is 12.0 Å². The molecule has 2 rings (SSSR count). The van der Waals surface area contributed by atoms with Gasteiger partial charge < -0.3 is 0 Å². The molecule has 0 saturated heterocycles. The molecule has 0 aromatic heterocycles. The maximum Gasteiger partial charge on any atom is 0.178 e. The molecular formula is C9H7O2. The third kappa shape index (κ3) is 0.909. The first-order chi connectivity index (χ1) is 5.27. The zero-order valence-corrected chi connectivity index (χ0v) is 5.96. The van der Waals surface area contributed by atoms with Gasteiger partial charge in [-0.05, 0) is 30.2 Å². The highest BCUT2D eigenvalue weighted by Gasteiger charge is 2.19. The van der Waals surface area contributed by atoms with E-state index in [4.69, 9.17) is 0 Å². The molecule has 2 heteroatoms. The molecule has 0 saturated carbocycles. The molecule has 2 nitrogen and oxygen atoms in total. The van der Waals surface area contributed by atoms with Gasteiger partial charge in [0.25, 0.3) is 0 Å². The highest BCUT2D eigenvalue weighted by Crippen LogP contribution is 2.25. The van der Waals surface area contributed by atoms with Crippen molar-refractivity contribution in [1.82, 2.24) is 0 Å². The Morgan fingerprint density at radius 3 is 2.82 bits per heavy atom. The predicted molar refractivity (Wildman–Crippen MR) is 39.2 cm³/mol. The standard InChI is InChI=1S/C9H7O2/c10-7-2-3-8-6(5-7)1-4-9(8)11/h2-3,5H,1,4H2. The van der Waals surface area contributed by atoms with Crippen LogP contribution in [-0.2, 0) is 11.5 Å². The van der Waals surface area contributed by atoms with Gasteiger partial charge in [-0.3, -0.25) is 9.90 Å². The van der Waals surface area contributed by atoms with E-state index in [-0.39, 0.29) is 11.5 Å². The van der Waals surface area contributed by atoms with Crippen LogP contribution in [0.15, 0.2) is 18.2 Å². The average Bonchev–Trinajstić information content (AvgIpc) is 2.32. The van der Waals surface area contributed by atoms with Crippen LogP contribution in [0.4, 0.5) is 0 Å². The summed E-state index contributed by atoms with van der Waals surface area (Å²) in [6.07, 6.45) is 1.31. The number of hydrogen-bond donors (Lipinski definition) is 0. The molecule has 1 aromatic rings. The van der Waals surface area contributed by atoms with Crippen molar-refractivity contribution in [3.8, 4) is 5.75 Å².